The molecule has 0 heterocycles. The number of aliphatic carboxylic acids is 1. The summed E-state index contributed by atoms with van der Waals surface area (Å²) in [6.07, 6.45) is -1.00. The molecule has 0 spiro atoms. The topological polar surface area (TPSA) is 80.6 Å². The van der Waals surface area contributed by atoms with Gasteiger partial charge in [0.25, 0.3) is 0 Å². The lowest BCUT2D eigenvalue weighted by atomic mass is 10.2. The number of hydrogen-bond donors (Lipinski definition) is 2. The highest BCUT2D eigenvalue weighted by Gasteiger charge is 2.15. The number of aliphatic hydroxyl groups is 1. The van der Waals surface area contributed by atoms with E-state index >= 15 is 0 Å². The summed E-state index contributed by atoms with van der Waals surface area (Å²) >= 11 is -1.18. The molecule has 2 unspecified atom stereocenters. The summed E-state index contributed by atoms with van der Waals surface area (Å²) in [4.78, 5) is 11.0. The van der Waals surface area contributed by atoms with Crippen molar-refractivity contribution in [3.63, 3.8) is 0 Å². The number of aryl methyl sites for hydroxylation is 1. The van der Waals surface area contributed by atoms with Crippen LogP contribution in [0.5, 0.6) is 0 Å². The molecule has 17 heavy (non-hydrogen) atoms. The van der Waals surface area contributed by atoms with Crippen LogP contribution in [0.15, 0.2) is 29.2 Å². The van der Waals surface area contributed by atoms with Crippen molar-refractivity contribution in [2.45, 2.75) is 30.8 Å². The average molecular weight is 256 g/mol. The fourth-order valence-corrected chi connectivity index (χ4v) is 2.52. The maximum Gasteiger partial charge on any atom is 0.305 e. The van der Waals surface area contributed by atoms with E-state index in [1.807, 2.05) is 19.1 Å². The van der Waals surface area contributed by atoms with Gasteiger partial charge < -0.3 is 14.8 Å². The first-order valence-electron chi connectivity index (χ1n) is 5.34. The van der Waals surface area contributed by atoms with E-state index in [-0.39, 0.29) is 18.6 Å². The van der Waals surface area contributed by atoms with Crippen molar-refractivity contribution in [1.29, 1.82) is 0 Å². The molecule has 0 saturated carbocycles. The lowest BCUT2D eigenvalue weighted by Gasteiger charge is -2.12. The molecule has 94 valence electrons. The number of aliphatic hydroxyl groups excluding tert-OH is 1. The molecule has 1 aromatic rings. The lowest BCUT2D eigenvalue weighted by molar-refractivity contribution is -0.139. The van der Waals surface area contributed by atoms with Crippen molar-refractivity contribution in [1.82, 2.24) is 0 Å². The molecule has 0 bridgehead atoms. The Labute approximate surface area is 103 Å². The van der Waals surface area contributed by atoms with Gasteiger partial charge in [0.05, 0.1) is 12.5 Å². The fraction of sp³-hybridized carbons (Fsp3) is 0.417. The third-order valence-corrected chi connectivity index (χ3v) is 3.74. The second kappa shape index (κ2) is 6.64. The Bertz CT molecular complexity index is 363. The maximum atomic E-state index is 11.8. The SMILES string of the molecule is Cc1ccc([S+]([O-])CCC(O)CC(=O)O)cc1. The summed E-state index contributed by atoms with van der Waals surface area (Å²) in [5.41, 5.74) is 1.09. The summed E-state index contributed by atoms with van der Waals surface area (Å²) in [6, 6.07) is 7.33. The highest BCUT2D eigenvalue weighted by Crippen LogP contribution is 2.14. The molecular formula is C12H16O4S. The zero-order valence-corrected chi connectivity index (χ0v) is 10.4. The van der Waals surface area contributed by atoms with Crippen LogP contribution in [0.1, 0.15) is 18.4 Å². The summed E-state index contributed by atoms with van der Waals surface area (Å²) in [5.74, 6) is -0.768. The smallest absolute Gasteiger partial charge is 0.305 e. The summed E-state index contributed by atoms with van der Waals surface area (Å²) in [7, 11) is 0. The Kier molecular flexibility index (Phi) is 5.47. The summed E-state index contributed by atoms with van der Waals surface area (Å²) in [6.45, 7) is 1.95. The number of carboxylic acid groups (broad SMARTS) is 1. The largest absolute Gasteiger partial charge is 0.611 e. The van der Waals surface area contributed by atoms with Crippen LogP contribution in [-0.4, -0.2) is 32.6 Å². The second-order valence-corrected chi connectivity index (χ2v) is 5.47. The van der Waals surface area contributed by atoms with E-state index in [4.69, 9.17) is 5.11 Å². The Hall–Kier alpha value is -1.04. The number of carboxylic acids is 1. The maximum absolute atomic E-state index is 11.8. The van der Waals surface area contributed by atoms with E-state index in [1.165, 1.54) is 0 Å². The van der Waals surface area contributed by atoms with E-state index in [0.717, 1.165) is 5.56 Å². The predicted octanol–water partition coefficient (Wildman–Crippen LogP) is 1.33. The molecule has 5 heteroatoms. The Morgan fingerprint density at radius 1 is 1.41 bits per heavy atom. The molecule has 2 atom stereocenters. The highest BCUT2D eigenvalue weighted by molar-refractivity contribution is 7.91. The molecule has 0 aliphatic carbocycles. The highest BCUT2D eigenvalue weighted by atomic mass is 32.2. The van der Waals surface area contributed by atoms with E-state index in [0.29, 0.717) is 4.90 Å². The van der Waals surface area contributed by atoms with Crippen LogP contribution in [-0.2, 0) is 16.0 Å². The Balaban J connectivity index is 2.41. The van der Waals surface area contributed by atoms with Gasteiger partial charge in [-0.1, -0.05) is 17.7 Å². The first-order valence-corrected chi connectivity index (χ1v) is 6.66. The van der Waals surface area contributed by atoms with Gasteiger partial charge in [-0.15, -0.1) is 0 Å². The molecule has 1 aromatic carbocycles. The monoisotopic (exact) mass is 256 g/mol. The van der Waals surface area contributed by atoms with Gasteiger partial charge in [0, 0.05) is 6.42 Å². The van der Waals surface area contributed by atoms with Gasteiger partial charge in [0.2, 0.25) is 0 Å². The normalized spacial score (nSPS) is 14.3. The first-order chi connectivity index (χ1) is 7.99. The van der Waals surface area contributed by atoms with E-state index in [2.05, 4.69) is 0 Å². The molecule has 2 N–H and O–H groups in total. The van der Waals surface area contributed by atoms with Crippen molar-refractivity contribution in [3.05, 3.63) is 29.8 Å². The zero-order chi connectivity index (χ0) is 12.8. The number of benzene rings is 1. The van der Waals surface area contributed by atoms with E-state index in [1.54, 1.807) is 12.1 Å². The van der Waals surface area contributed by atoms with Gasteiger partial charge in [-0.05, 0) is 30.2 Å². The van der Waals surface area contributed by atoms with Crippen LogP contribution in [0, 0.1) is 6.92 Å². The zero-order valence-electron chi connectivity index (χ0n) is 9.63. The van der Waals surface area contributed by atoms with Gasteiger partial charge in [-0.2, -0.15) is 0 Å². The van der Waals surface area contributed by atoms with Gasteiger partial charge in [0.1, 0.15) is 5.75 Å². The molecule has 0 aliphatic heterocycles. The van der Waals surface area contributed by atoms with Crippen LogP contribution in [0.4, 0.5) is 0 Å². The minimum absolute atomic E-state index is 0.229. The van der Waals surface area contributed by atoms with Gasteiger partial charge in [-0.3, -0.25) is 4.79 Å². The van der Waals surface area contributed by atoms with Crippen molar-refractivity contribution in [3.8, 4) is 0 Å². The van der Waals surface area contributed by atoms with Crippen LogP contribution in [0.2, 0.25) is 0 Å². The van der Waals surface area contributed by atoms with E-state index < -0.39 is 23.2 Å². The molecule has 0 amide bonds. The quantitative estimate of drug-likeness (QED) is 0.752. The summed E-state index contributed by atoms with van der Waals surface area (Å²) < 4.78 is 11.8. The molecule has 0 aromatic heterocycles. The fourth-order valence-electron chi connectivity index (χ4n) is 1.35. The first kappa shape index (κ1) is 14.0. The number of rotatable bonds is 6. The number of hydrogen-bond acceptors (Lipinski definition) is 3. The van der Waals surface area contributed by atoms with Crippen LogP contribution >= 0.6 is 0 Å². The molecule has 0 aliphatic rings. The van der Waals surface area contributed by atoms with Crippen molar-refractivity contribution < 1.29 is 19.6 Å². The average Bonchev–Trinajstić information content (AvgIpc) is 2.26. The standard InChI is InChI=1S/C12H16O4S/c1-9-2-4-11(5-3-9)17(16)7-6-10(13)8-12(14)15/h2-5,10,13H,6-8H2,1H3,(H,14,15). The molecule has 0 fully saturated rings. The molecule has 0 radical (unpaired) electrons. The Morgan fingerprint density at radius 2 is 2.00 bits per heavy atom. The van der Waals surface area contributed by atoms with Crippen LogP contribution in [0.25, 0.3) is 0 Å². The minimum Gasteiger partial charge on any atom is -0.611 e. The molecular weight excluding hydrogens is 240 g/mol. The van der Waals surface area contributed by atoms with Crippen LogP contribution < -0.4 is 0 Å². The van der Waals surface area contributed by atoms with Crippen molar-refractivity contribution in [2.75, 3.05) is 5.75 Å². The van der Waals surface area contributed by atoms with E-state index in [9.17, 15) is 14.5 Å². The third kappa shape index (κ3) is 5.21. The minimum atomic E-state index is -1.18. The van der Waals surface area contributed by atoms with Crippen LogP contribution in [0.3, 0.4) is 0 Å². The van der Waals surface area contributed by atoms with Gasteiger partial charge >= 0.3 is 5.97 Å². The second-order valence-electron chi connectivity index (χ2n) is 3.90. The number of carbonyl (C=O) groups is 1. The Morgan fingerprint density at radius 3 is 2.53 bits per heavy atom. The molecule has 0 saturated heterocycles. The summed E-state index contributed by atoms with van der Waals surface area (Å²) in [5, 5.41) is 17.8. The molecule has 4 nitrogen and oxygen atoms in total. The van der Waals surface area contributed by atoms with Gasteiger partial charge in [-0.25, -0.2) is 0 Å². The van der Waals surface area contributed by atoms with Crippen molar-refractivity contribution >= 4 is 17.1 Å². The predicted molar refractivity (Wildman–Crippen MR) is 65.3 cm³/mol. The molecule has 1 rings (SSSR count). The van der Waals surface area contributed by atoms with Crippen molar-refractivity contribution in [2.24, 2.45) is 0 Å². The third-order valence-electron chi connectivity index (χ3n) is 2.33. The van der Waals surface area contributed by atoms with Gasteiger partial charge in [0.15, 0.2) is 4.90 Å². The lowest BCUT2D eigenvalue weighted by Crippen LogP contribution is -2.18.